The predicted molar refractivity (Wildman–Crippen MR) is 122 cm³/mol. The van der Waals surface area contributed by atoms with Crippen LogP contribution in [0, 0.1) is 11.3 Å². The van der Waals surface area contributed by atoms with Crippen molar-refractivity contribution in [2.45, 2.75) is 13.5 Å². The minimum Gasteiger partial charge on any atom is -0.486 e. The molecule has 9 heteroatoms. The second-order valence-electron chi connectivity index (χ2n) is 7.95. The number of nitriles is 1. The van der Waals surface area contributed by atoms with Gasteiger partial charge < -0.3 is 19.3 Å². The minimum atomic E-state index is -0.124. The highest BCUT2D eigenvalue weighted by atomic mass is 16.6. The van der Waals surface area contributed by atoms with E-state index in [1.807, 2.05) is 11.8 Å². The molecular weight excluding hydrogens is 422 g/mol. The number of amides is 1. The fourth-order valence-electron chi connectivity index (χ4n) is 4.29. The maximum absolute atomic E-state index is 13.2. The normalized spacial score (nSPS) is 15.4. The van der Waals surface area contributed by atoms with Crippen molar-refractivity contribution < 1.29 is 14.3 Å². The van der Waals surface area contributed by atoms with Crippen LogP contribution in [0.25, 0.3) is 10.9 Å². The van der Waals surface area contributed by atoms with Gasteiger partial charge in [-0.05, 0) is 31.2 Å². The van der Waals surface area contributed by atoms with Gasteiger partial charge in [-0.3, -0.25) is 14.2 Å². The zero-order chi connectivity index (χ0) is 22.9. The Morgan fingerprint density at radius 1 is 1.09 bits per heavy atom. The van der Waals surface area contributed by atoms with Gasteiger partial charge in [0, 0.05) is 44.4 Å². The quantitative estimate of drug-likeness (QED) is 0.608. The summed E-state index contributed by atoms with van der Waals surface area (Å²) in [5, 5.41) is 9.59. The van der Waals surface area contributed by atoms with Gasteiger partial charge in [0.1, 0.15) is 13.2 Å². The molecule has 0 saturated carbocycles. The summed E-state index contributed by atoms with van der Waals surface area (Å²) in [4.78, 5) is 34.7. The van der Waals surface area contributed by atoms with Crippen LogP contribution in [0.1, 0.15) is 22.8 Å². The highest BCUT2D eigenvalue weighted by Crippen LogP contribution is 2.33. The number of nitrogens with zero attached hydrogens (tertiary/aromatic N) is 5. The molecule has 0 radical (unpaired) electrons. The molecule has 3 aromatic rings. The molecule has 5 rings (SSSR count). The molecule has 1 fully saturated rings. The fraction of sp³-hybridized carbons (Fsp3) is 0.333. The van der Waals surface area contributed by atoms with Crippen LogP contribution in [0.5, 0.6) is 11.5 Å². The number of hydrogen-bond donors (Lipinski definition) is 0. The Morgan fingerprint density at radius 2 is 1.82 bits per heavy atom. The third kappa shape index (κ3) is 3.74. The van der Waals surface area contributed by atoms with E-state index in [1.54, 1.807) is 45.9 Å². The Labute approximate surface area is 190 Å². The highest BCUT2D eigenvalue weighted by molar-refractivity contribution is 5.94. The summed E-state index contributed by atoms with van der Waals surface area (Å²) in [5.74, 6) is 1.65. The fourth-order valence-corrected chi connectivity index (χ4v) is 4.29. The summed E-state index contributed by atoms with van der Waals surface area (Å²) in [5.41, 5.74) is 1.41. The van der Waals surface area contributed by atoms with Crippen LogP contribution in [-0.2, 0) is 6.54 Å². The first-order valence-electron chi connectivity index (χ1n) is 11.0. The Morgan fingerprint density at radius 3 is 2.52 bits per heavy atom. The molecule has 2 aliphatic heterocycles. The maximum Gasteiger partial charge on any atom is 0.262 e. The van der Waals surface area contributed by atoms with E-state index in [0.717, 1.165) is 0 Å². The Hall–Kier alpha value is -4.06. The number of carbonyl (C=O) groups is 1. The molecule has 0 N–H and O–H groups in total. The number of hydrogen-bond acceptors (Lipinski definition) is 7. The van der Waals surface area contributed by atoms with Crippen LogP contribution < -0.4 is 19.9 Å². The summed E-state index contributed by atoms with van der Waals surface area (Å²) < 4.78 is 12.9. The highest BCUT2D eigenvalue weighted by Gasteiger charge is 2.26. The summed E-state index contributed by atoms with van der Waals surface area (Å²) in [7, 11) is 0. The molecular formula is C24H23N5O4. The summed E-state index contributed by atoms with van der Waals surface area (Å²) in [6, 6.07) is 12.3. The smallest absolute Gasteiger partial charge is 0.262 e. The number of rotatable bonds is 3. The van der Waals surface area contributed by atoms with Gasteiger partial charge in [-0.1, -0.05) is 6.07 Å². The largest absolute Gasteiger partial charge is 0.486 e. The molecule has 0 atom stereocenters. The zero-order valence-corrected chi connectivity index (χ0v) is 18.3. The number of benzene rings is 2. The van der Waals surface area contributed by atoms with Crippen LogP contribution in [-0.4, -0.2) is 59.8 Å². The van der Waals surface area contributed by atoms with Gasteiger partial charge in [0.2, 0.25) is 5.95 Å². The van der Waals surface area contributed by atoms with Crippen LogP contribution in [0.15, 0.2) is 41.2 Å². The van der Waals surface area contributed by atoms with Crippen molar-refractivity contribution in [3.63, 3.8) is 0 Å². The van der Waals surface area contributed by atoms with Gasteiger partial charge in [-0.15, -0.1) is 0 Å². The molecule has 3 heterocycles. The van der Waals surface area contributed by atoms with Crippen LogP contribution >= 0.6 is 0 Å². The topological polar surface area (TPSA) is 101 Å². The number of ether oxygens (including phenoxy) is 2. The summed E-state index contributed by atoms with van der Waals surface area (Å²) >= 11 is 0. The van der Waals surface area contributed by atoms with Gasteiger partial charge in [0.25, 0.3) is 11.5 Å². The lowest BCUT2D eigenvalue weighted by Gasteiger charge is -2.36. The van der Waals surface area contributed by atoms with E-state index in [1.165, 1.54) is 0 Å². The van der Waals surface area contributed by atoms with E-state index in [2.05, 4.69) is 6.07 Å². The molecule has 1 saturated heterocycles. The molecule has 168 valence electrons. The lowest BCUT2D eigenvalue weighted by atomic mass is 10.1. The van der Waals surface area contributed by atoms with E-state index in [4.69, 9.17) is 19.7 Å². The van der Waals surface area contributed by atoms with E-state index in [0.29, 0.717) is 85.4 Å². The lowest BCUT2D eigenvalue weighted by molar-refractivity contribution is 0.0746. The molecule has 9 nitrogen and oxygen atoms in total. The average molecular weight is 445 g/mol. The number of fused-ring (bicyclic) bond motifs is 2. The Balaban J connectivity index is 1.41. The molecule has 0 unspecified atom stereocenters. The molecule has 2 aromatic carbocycles. The van der Waals surface area contributed by atoms with Crippen LogP contribution in [0.2, 0.25) is 0 Å². The first kappa shape index (κ1) is 20.8. The molecule has 1 aromatic heterocycles. The van der Waals surface area contributed by atoms with Gasteiger partial charge in [0.05, 0.1) is 22.5 Å². The van der Waals surface area contributed by atoms with Crippen molar-refractivity contribution in [2.24, 2.45) is 0 Å². The first-order valence-corrected chi connectivity index (χ1v) is 11.0. The van der Waals surface area contributed by atoms with Crippen molar-refractivity contribution in [1.82, 2.24) is 14.5 Å². The third-order valence-electron chi connectivity index (χ3n) is 6.00. The Kier molecular flexibility index (Phi) is 5.34. The number of carbonyl (C=O) groups excluding carboxylic acids is 1. The summed E-state index contributed by atoms with van der Waals surface area (Å²) in [6.45, 7) is 5.39. The number of piperazine rings is 1. The van der Waals surface area contributed by atoms with Crippen molar-refractivity contribution >= 4 is 22.8 Å². The number of anilines is 1. The average Bonchev–Trinajstić information content (AvgIpc) is 2.87. The zero-order valence-electron chi connectivity index (χ0n) is 18.3. The van der Waals surface area contributed by atoms with Crippen LogP contribution in [0.4, 0.5) is 5.95 Å². The van der Waals surface area contributed by atoms with Gasteiger partial charge in [-0.2, -0.15) is 5.26 Å². The first-order chi connectivity index (χ1) is 16.1. The van der Waals surface area contributed by atoms with Crippen molar-refractivity contribution in [3.05, 3.63) is 57.9 Å². The molecule has 0 aliphatic carbocycles. The van der Waals surface area contributed by atoms with Gasteiger partial charge in [-0.25, -0.2) is 4.98 Å². The van der Waals surface area contributed by atoms with Crippen LogP contribution in [0.3, 0.4) is 0 Å². The standard InChI is InChI=1S/C24H23N5O4/c1-2-29-23(31)18-13-20-21(33-11-10-32-20)14-19(18)26-24(29)28-8-6-27(7-9-28)22(30)17-5-3-4-16(12-17)15-25/h3-5,12-14H,2,6-11H2,1H3. The molecule has 0 spiro atoms. The van der Waals surface area contributed by atoms with Gasteiger partial charge >= 0.3 is 0 Å². The molecule has 2 aliphatic rings. The van der Waals surface area contributed by atoms with Crippen molar-refractivity contribution in [1.29, 1.82) is 5.26 Å². The molecule has 0 bridgehead atoms. The maximum atomic E-state index is 13.2. The SMILES string of the molecule is CCn1c(N2CCN(C(=O)c3cccc(C#N)c3)CC2)nc2cc3c(cc2c1=O)OCCO3. The van der Waals surface area contributed by atoms with Crippen molar-refractivity contribution in [2.75, 3.05) is 44.3 Å². The van der Waals surface area contributed by atoms with Gasteiger partial charge in [0.15, 0.2) is 11.5 Å². The van der Waals surface area contributed by atoms with E-state index in [-0.39, 0.29) is 11.5 Å². The van der Waals surface area contributed by atoms with E-state index >= 15 is 0 Å². The molecule has 33 heavy (non-hydrogen) atoms. The lowest BCUT2D eigenvalue weighted by Crippen LogP contribution is -2.50. The Bertz CT molecular complexity index is 1340. The predicted octanol–water partition coefficient (Wildman–Crippen LogP) is 2.02. The molecule has 1 amide bonds. The summed E-state index contributed by atoms with van der Waals surface area (Å²) in [6.07, 6.45) is 0. The monoisotopic (exact) mass is 445 g/mol. The number of aromatic nitrogens is 2. The second kappa shape index (κ2) is 8.47. The van der Waals surface area contributed by atoms with E-state index in [9.17, 15) is 9.59 Å². The minimum absolute atomic E-state index is 0.102. The van der Waals surface area contributed by atoms with Crippen molar-refractivity contribution in [3.8, 4) is 17.6 Å². The van der Waals surface area contributed by atoms with E-state index < -0.39 is 0 Å². The third-order valence-corrected chi connectivity index (χ3v) is 6.00. The second-order valence-corrected chi connectivity index (χ2v) is 7.95.